The zero-order chi connectivity index (χ0) is 17.8. The van der Waals surface area contributed by atoms with E-state index in [2.05, 4.69) is 0 Å². The van der Waals surface area contributed by atoms with Crippen LogP contribution in [0.1, 0.15) is 11.1 Å². The van der Waals surface area contributed by atoms with Crippen LogP contribution in [0, 0.1) is 6.92 Å². The van der Waals surface area contributed by atoms with Crippen molar-refractivity contribution in [2.75, 3.05) is 32.3 Å². The highest BCUT2D eigenvalue weighted by atomic mass is 16.6. The van der Waals surface area contributed by atoms with Gasteiger partial charge in [0.15, 0.2) is 11.5 Å². The molecule has 0 fully saturated rings. The fourth-order valence-electron chi connectivity index (χ4n) is 2.63. The predicted molar refractivity (Wildman–Crippen MR) is 97.6 cm³/mol. The Balaban J connectivity index is 1.80. The van der Waals surface area contributed by atoms with Crippen molar-refractivity contribution in [2.24, 2.45) is 0 Å². The number of hydrogen-bond acceptors (Lipinski definition) is 4. The minimum absolute atomic E-state index is 0.112. The maximum Gasteiger partial charge on any atom is 0.250 e. The molecule has 1 heterocycles. The Morgan fingerprint density at radius 2 is 2.00 bits per heavy atom. The molecule has 0 spiro atoms. The number of amides is 1. The van der Waals surface area contributed by atoms with Crippen LogP contribution in [0.4, 0.5) is 5.69 Å². The van der Waals surface area contributed by atoms with E-state index in [-0.39, 0.29) is 5.91 Å². The van der Waals surface area contributed by atoms with Crippen LogP contribution in [-0.2, 0) is 4.79 Å². The standard InChI is InChI=1S/C20H21NO4/c1-14-5-4-6-16(11-14)21(2)19(22)8-7-15-12-17(23-3)20-18(13-15)24-9-10-25-20/h4-8,11-13H,9-10H2,1-3H3/b8-7+. The third kappa shape index (κ3) is 3.76. The molecule has 0 aliphatic carbocycles. The van der Waals surface area contributed by atoms with Crippen molar-refractivity contribution >= 4 is 17.7 Å². The molecule has 0 saturated carbocycles. The van der Waals surface area contributed by atoms with E-state index in [0.29, 0.717) is 30.5 Å². The van der Waals surface area contributed by atoms with Gasteiger partial charge in [0, 0.05) is 18.8 Å². The van der Waals surface area contributed by atoms with Gasteiger partial charge in [0.1, 0.15) is 13.2 Å². The molecule has 1 aliphatic rings. The smallest absolute Gasteiger partial charge is 0.250 e. The number of carbonyl (C=O) groups excluding carboxylic acids is 1. The maximum absolute atomic E-state index is 12.4. The Labute approximate surface area is 147 Å². The summed E-state index contributed by atoms with van der Waals surface area (Å²) in [7, 11) is 3.34. The van der Waals surface area contributed by atoms with Gasteiger partial charge < -0.3 is 19.1 Å². The summed E-state index contributed by atoms with van der Waals surface area (Å²) in [6.07, 6.45) is 3.28. The summed E-state index contributed by atoms with van der Waals surface area (Å²) in [5.41, 5.74) is 2.78. The van der Waals surface area contributed by atoms with Crippen LogP contribution in [0.15, 0.2) is 42.5 Å². The number of ether oxygens (including phenoxy) is 3. The summed E-state index contributed by atoms with van der Waals surface area (Å²) in [4.78, 5) is 14.0. The molecular formula is C20H21NO4. The largest absolute Gasteiger partial charge is 0.493 e. The van der Waals surface area contributed by atoms with E-state index in [1.807, 2.05) is 43.3 Å². The monoisotopic (exact) mass is 339 g/mol. The first kappa shape index (κ1) is 16.9. The minimum atomic E-state index is -0.112. The maximum atomic E-state index is 12.4. The fourth-order valence-corrected chi connectivity index (χ4v) is 2.63. The molecule has 0 radical (unpaired) electrons. The van der Waals surface area contributed by atoms with Gasteiger partial charge in [-0.1, -0.05) is 12.1 Å². The van der Waals surface area contributed by atoms with E-state index in [4.69, 9.17) is 14.2 Å². The summed E-state index contributed by atoms with van der Waals surface area (Å²) in [5, 5.41) is 0. The second kappa shape index (κ2) is 7.30. The van der Waals surface area contributed by atoms with Crippen molar-refractivity contribution < 1.29 is 19.0 Å². The number of carbonyl (C=O) groups is 1. The third-order valence-corrected chi connectivity index (χ3v) is 3.99. The predicted octanol–water partition coefficient (Wildman–Crippen LogP) is 3.45. The molecular weight excluding hydrogens is 318 g/mol. The molecule has 5 nitrogen and oxygen atoms in total. The van der Waals surface area contributed by atoms with Crippen molar-refractivity contribution in [3.63, 3.8) is 0 Å². The molecule has 0 atom stereocenters. The zero-order valence-electron chi connectivity index (χ0n) is 14.6. The fraction of sp³-hybridized carbons (Fsp3) is 0.250. The van der Waals surface area contributed by atoms with Crippen LogP contribution in [0.2, 0.25) is 0 Å². The van der Waals surface area contributed by atoms with E-state index in [1.54, 1.807) is 25.1 Å². The molecule has 1 amide bonds. The topological polar surface area (TPSA) is 48.0 Å². The Morgan fingerprint density at radius 3 is 2.76 bits per heavy atom. The lowest BCUT2D eigenvalue weighted by atomic mass is 10.1. The number of methoxy groups -OCH3 is 1. The molecule has 0 unspecified atom stereocenters. The van der Waals surface area contributed by atoms with Crippen LogP contribution in [0.25, 0.3) is 6.08 Å². The molecule has 0 bridgehead atoms. The zero-order valence-corrected chi connectivity index (χ0v) is 14.6. The number of fused-ring (bicyclic) bond motifs is 1. The van der Waals surface area contributed by atoms with Gasteiger partial charge in [-0.25, -0.2) is 0 Å². The van der Waals surface area contributed by atoms with Gasteiger partial charge in [0.25, 0.3) is 5.91 Å². The van der Waals surface area contributed by atoms with Crippen LogP contribution < -0.4 is 19.1 Å². The number of rotatable bonds is 4. The average Bonchev–Trinajstić information content (AvgIpc) is 2.64. The van der Waals surface area contributed by atoms with Crippen molar-refractivity contribution in [2.45, 2.75) is 6.92 Å². The van der Waals surface area contributed by atoms with Crippen LogP contribution in [-0.4, -0.2) is 33.3 Å². The van der Waals surface area contributed by atoms with Gasteiger partial charge in [0.05, 0.1) is 7.11 Å². The second-order valence-corrected chi connectivity index (χ2v) is 5.82. The average molecular weight is 339 g/mol. The Morgan fingerprint density at radius 1 is 1.20 bits per heavy atom. The molecule has 0 aromatic heterocycles. The molecule has 3 rings (SSSR count). The summed E-state index contributed by atoms with van der Waals surface area (Å²) >= 11 is 0. The van der Waals surface area contributed by atoms with Gasteiger partial charge in [0.2, 0.25) is 5.75 Å². The van der Waals surface area contributed by atoms with E-state index in [9.17, 15) is 4.79 Å². The summed E-state index contributed by atoms with van der Waals surface area (Å²) < 4.78 is 16.5. The van der Waals surface area contributed by atoms with Crippen molar-refractivity contribution in [1.82, 2.24) is 0 Å². The molecule has 5 heteroatoms. The number of aryl methyl sites for hydroxylation is 1. The molecule has 1 aliphatic heterocycles. The molecule has 2 aromatic carbocycles. The second-order valence-electron chi connectivity index (χ2n) is 5.82. The lowest BCUT2D eigenvalue weighted by molar-refractivity contribution is -0.113. The molecule has 25 heavy (non-hydrogen) atoms. The van der Waals surface area contributed by atoms with Gasteiger partial charge in [-0.05, 0) is 48.4 Å². The number of benzene rings is 2. The highest BCUT2D eigenvalue weighted by molar-refractivity contribution is 6.03. The van der Waals surface area contributed by atoms with Gasteiger partial charge in [-0.2, -0.15) is 0 Å². The van der Waals surface area contributed by atoms with E-state index < -0.39 is 0 Å². The van der Waals surface area contributed by atoms with E-state index in [0.717, 1.165) is 16.8 Å². The number of likely N-dealkylation sites (N-methyl/N-ethyl adjacent to an activating group) is 1. The number of anilines is 1. The quantitative estimate of drug-likeness (QED) is 0.801. The Bertz CT molecular complexity index is 796. The van der Waals surface area contributed by atoms with E-state index >= 15 is 0 Å². The Hall–Kier alpha value is -2.95. The van der Waals surface area contributed by atoms with Crippen LogP contribution >= 0.6 is 0 Å². The van der Waals surface area contributed by atoms with Gasteiger partial charge in [-0.3, -0.25) is 4.79 Å². The van der Waals surface area contributed by atoms with Crippen molar-refractivity contribution in [3.8, 4) is 17.2 Å². The summed E-state index contributed by atoms with van der Waals surface area (Å²) in [6.45, 7) is 3.00. The normalized spacial score (nSPS) is 12.9. The van der Waals surface area contributed by atoms with Gasteiger partial charge >= 0.3 is 0 Å². The first-order valence-corrected chi connectivity index (χ1v) is 8.08. The summed E-state index contributed by atoms with van der Waals surface area (Å²) in [6, 6.07) is 11.5. The number of nitrogens with zero attached hydrogens (tertiary/aromatic N) is 1. The SMILES string of the molecule is COc1cc(/C=C/C(=O)N(C)c2cccc(C)c2)cc2c1OCCO2. The van der Waals surface area contributed by atoms with E-state index in [1.165, 1.54) is 6.08 Å². The first-order valence-electron chi connectivity index (χ1n) is 8.08. The third-order valence-electron chi connectivity index (χ3n) is 3.99. The molecule has 0 saturated heterocycles. The number of hydrogen-bond donors (Lipinski definition) is 0. The van der Waals surface area contributed by atoms with Crippen molar-refractivity contribution in [3.05, 3.63) is 53.6 Å². The lowest BCUT2D eigenvalue weighted by Gasteiger charge is -2.21. The highest BCUT2D eigenvalue weighted by Gasteiger charge is 2.18. The Kier molecular flexibility index (Phi) is 4.93. The highest BCUT2D eigenvalue weighted by Crippen LogP contribution is 2.40. The van der Waals surface area contributed by atoms with Gasteiger partial charge in [-0.15, -0.1) is 0 Å². The van der Waals surface area contributed by atoms with Crippen LogP contribution in [0.3, 0.4) is 0 Å². The molecule has 0 N–H and O–H groups in total. The minimum Gasteiger partial charge on any atom is -0.493 e. The lowest BCUT2D eigenvalue weighted by Crippen LogP contribution is -2.23. The molecule has 2 aromatic rings. The first-order chi connectivity index (χ1) is 12.1. The molecule has 130 valence electrons. The van der Waals surface area contributed by atoms with Crippen LogP contribution in [0.5, 0.6) is 17.2 Å². The summed E-state index contributed by atoms with van der Waals surface area (Å²) in [5.74, 6) is 1.72. The van der Waals surface area contributed by atoms with Crippen molar-refractivity contribution in [1.29, 1.82) is 0 Å².